The number of ether oxygens (including phenoxy) is 1. The molecule has 1 aliphatic heterocycles. The zero-order chi connectivity index (χ0) is 19.9. The maximum atomic E-state index is 11.5. The molecule has 3 rings (SSSR count). The summed E-state index contributed by atoms with van der Waals surface area (Å²) in [7, 11) is 1.67. The molecule has 152 valence electrons. The first-order valence-corrected chi connectivity index (χ1v) is 10.6. The normalized spacial score (nSPS) is 16.0. The number of hydrogen-bond acceptors (Lipinski definition) is 7. The Morgan fingerprint density at radius 2 is 2.14 bits per heavy atom. The lowest BCUT2D eigenvalue weighted by Crippen LogP contribution is -2.48. The zero-order valence-electron chi connectivity index (χ0n) is 16.2. The summed E-state index contributed by atoms with van der Waals surface area (Å²) >= 11 is 7.21. The average molecular weight is 424 g/mol. The lowest BCUT2D eigenvalue weighted by Gasteiger charge is -2.34. The zero-order valence-corrected chi connectivity index (χ0v) is 17.8. The van der Waals surface area contributed by atoms with Crippen molar-refractivity contribution in [2.45, 2.75) is 18.7 Å². The van der Waals surface area contributed by atoms with Crippen LogP contribution in [0.15, 0.2) is 24.3 Å². The number of aromatic nitrogens is 2. The van der Waals surface area contributed by atoms with Crippen LogP contribution in [0.4, 0.5) is 5.13 Å². The Morgan fingerprint density at radius 1 is 1.36 bits per heavy atom. The topological polar surface area (TPSA) is 70.6 Å². The van der Waals surface area contributed by atoms with Crippen LogP contribution in [-0.2, 0) is 11.2 Å². The second-order valence-corrected chi connectivity index (χ2v) is 8.14. The van der Waals surface area contributed by atoms with E-state index in [1.807, 2.05) is 18.2 Å². The number of rotatable bonds is 8. The molecule has 9 heteroatoms. The molecule has 0 unspecified atom stereocenters. The first kappa shape index (κ1) is 20.8. The number of carbonyl (C=O) groups is 1. The number of halogens is 1. The fourth-order valence-corrected chi connectivity index (χ4v) is 3.86. The number of nitrogens with one attached hydrogen (secondary N) is 1. The number of amides is 1. The highest BCUT2D eigenvalue weighted by Crippen LogP contribution is 2.21. The number of benzene rings is 1. The predicted octanol–water partition coefficient (Wildman–Crippen LogP) is 2.00. The largest absolute Gasteiger partial charge is 0.497 e. The quantitative estimate of drug-likeness (QED) is 0.655. The molecule has 1 atom stereocenters. The van der Waals surface area contributed by atoms with Gasteiger partial charge < -0.3 is 15.0 Å². The molecule has 1 aliphatic rings. The fourth-order valence-electron chi connectivity index (χ4n) is 3.05. The number of alkyl halides is 1. The summed E-state index contributed by atoms with van der Waals surface area (Å²) in [6, 6.07) is 8.00. The molecule has 0 aliphatic carbocycles. The van der Waals surface area contributed by atoms with Crippen LogP contribution in [0.25, 0.3) is 0 Å². The third kappa shape index (κ3) is 5.80. The molecule has 28 heavy (non-hydrogen) atoms. The minimum atomic E-state index is -0.486. The standard InChI is InChI=1S/C19H26ClN5O2S/c1-14(20)18(26)21-6-7-24-8-10-25(11-9-24)19-22-17(23-28-19)13-15-4-3-5-16(12-15)27-2/h3-5,12,14H,6-11,13H2,1-2H3,(H,21,26)/t14-/m1/s1. The first-order chi connectivity index (χ1) is 13.5. The Kier molecular flexibility index (Phi) is 7.47. The number of nitrogens with zero attached hydrogens (tertiary/aromatic N) is 4. The van der Waals surface area contributed by atoms with Crippen molar-refractivity contribution in [2.75, 3.05) is 51.3 Å². The van der Waals surface area contributed by atoms with Crippen molar-refractivity contribution in [2.24, 2.45) is 0 Å². The molecule has 2 heterocycles. The van der Waals surface area contributed by atoms with E-state index in [0.717, 1.165) is 55.0 Å². The summed E-state index contributed by atoms with van der Waals surface area (Å²) in [4.78, 5) is 20.8. The van der Waals surface area contributed by atoms with Crippen molar-refractivity contribution >= 4 is 34.2 Å². The maximum absolute atomic E-state index is 11.5. The highest BCUT2D eigenvalue weighted by molar-refractivity contribution is 7.09. The molecule has 1 fully saturated rings. The van der Waals surface area contributed by atoms with Gasteiger partial charge in [-0.15, -0.1) is 11.6 Å². The Hall–Kier alpha value is -1.90. The van der Waals surface area contributed by atoms with Crippen LogP contribution in [0.5, 0.6) is 5.75 Å². The number of methoxy groups -OCH3 is 1. The molecule has 1 N–H and O–H groups in total. The van der Waals surface area contributed by atoms with Crippen molar-refractivity contribution in [3.8, 4) is 5.75 Å². The summed E-state index contributed by atoms with van der Waals surface area (Å²) in [5.74, 6) is 1.58. The van der Waals surface area contributed by atoms with Crippen LogP contribution >= 0.6 is 23.1 Å². The molecule has 1 aromatic heterocycles. The van der Waals surface area contributed by atoms with Gasteiger partial charge >= 0.3 is 0 Å². The van der Waals surface area contributed by atoms with Gasteiger partial charge in [0, 0.05) is 57.2 Å². The summed E-state index contributed by atoms with van der Waals surface area (Å²) in [6.07, 6.45) is 0.701. The van der Waals surface area contributed by atoms with Crippen LogP contribution in [0.1, 0.15) is 18.3 Å². The van der Waals surface area contributed by atoms with Gasteiger partial charge in [0.25, 0.3) is 0 Å². The van der Waals surface area contributed by atoms with Gasteiger partial charge in [0.15, 0.2) is 0 Å². The molecule has 2 aromatic rings. The molecular formula is C19H26ClN5O2S. The lowest BCUT2D eigenvalue weighted by atomic mass is 10.1. The summed E-state index contributed by atoms with van der Waals surface area (Å²) < 4.78 is 9.80. The van der Waals surface area contributed by atoms with Gasteiger partial charge in [0.1, 0.15) is 17.0 Å². The van der Waals surface area contributed by atoms with Crippen LogP contribution in [-0.4, -0.2) is 71.9 Å². The average Bonchev–Trinajstić information content (AvgIpc) is 3.17. The Bertz CT molecular complexity index is 777. The molecule has 1 aromatic carbocycles. The van der Waals surface area contributed by atoms with Gasteiger partial charge in [-0.3, -0.25) is 9.69 Å². The highest BCUT2D eigenvalue weighted by atomic mass is 35.5. The van der Waals surface area contributed by atoms with Crippen LogP contribution in [0.3, 0.4) is 0 Å². The molecule has 7 nitrogen and oxygen atoms in total. The number of hydrogen-bond donors (Lipinski definition) is 1. The number of anilines is 1. The summed E-state index contributed by atoms with van der Waals surface area (Å²) in [6.45, 7) is 6.84. The third-order valence-corrected chi connectivity index (χ3v) is 5.70. The smallest absolute Gasteiger partial charge is 0.237 e. The van der Waals surface area contributed by atoms with Crippen molar-refractivity contribution in [1.82, 2.24) is 19.6 Å². The highest BCUT2D eigenvalue weighted by Gasteiger charge is 2.20. The Labute approximate surface area is 174 Å². The van der Waals surface area contributed by atoms with E-state index in [4.69, 9.17) is 21.3 Å². The molecule has 0 spiro atoms. The number of carbonyl (C=O) groups excluding carboxylic acids is 1. The van der Waals surface area contributed by atoms with Gasteiger partial charge in [-0.25, -0.2) is 4.98 Å². The van der Waals surface area contributed by atoms with E-state index in [1.54, 1.807) is 14.0 Å². The Balaban J connectivity index is 1.45. The SMILES string of the molecule is COc1cccc(Cc2nsc(N3CCN(CCNC(=O)[C@@H](C)Cl)CC3)n2)c1. The maximum Gasteiger partial charge on any atom is 0.237 e. The summed E-state index contributed by atoms with van der Waals surface area (Å²) in [5.41, 5.74) is 1.14. The molecule has 1 saturated heterocycles. The van der Waals surface area contributed by atoms with Crippen molar-refractivity contribution in [3.05, 3.63) is 35.7 Å². The molecular weight excluding hydrogens is 398 g/mol. The second kappa shape index (κ2) is 10.0. The van der Waals surface area contributed by atoms with E-state index in [2.05, 4.69) is 25.6 Å². The summed E-state index contributed by atoms with van der Waals surface area (Å²) in [5, 5.41) is 3.34. The van der Waals surface area contributed by atoms with E-state index in [-0.39, 0.29) is 5.91 Å². The van der Waals surface area contributed by atoms with Crippen molar-refractivity contribution in [3.63, 3.8) is 0 Å². The first-order valence-electron chi connectivity index (χ1n) is 9.40. The molecule has 0 radical (unpaired) electrons. The van der Waals surface area contributed by atoms with E-state index in [1.165, 1.54) is 11.5 Å². The van der Waals surface area contributed by atoms with Gasteiger partial charge in [-0.05, 0) is 24.6 Å². The van der Waals surface area contributed by atoms with Crippen LogP contribution in [0.2, 0.25) is 0 Å². The monoisotopic (exact) mass is 423 g/mol. The van der Waals surface area contributed by atoms with Gasteiger partial charge in [-0.2, -0.15) is 4.37 Å². The van der Waals surface area contributed by atoms with Gasteiger partial charge in [0.05, 0.1) is 7.11 Å². The number of piperazine rings is 1. The van der Waals surface area contributed by atoms with Gasteiger partial charge in [0.2, 0.25) is 11.0 Å². The minimum Gasteiger partial charge on any atom is -0.497 e. The van der Waals surface area contributed by atoms with E-state index >= 15 is 0 Å². The van der Waals surface area contributed by atoms with Gasteiger partial charge in [-0.1, -0.05) is 12.1 Å². The van der Waals surface area contributed by atoms with E-state index in [0.29, 0.717) is 13.0 Å². The van der Waals surface area contributed by atoms with Crippen LogP contribution < -0.4 is 15.0 Å². The lowest BCUT2D eigenvalue weighted by molar-refractivity contribution is -0.120. The third-order valence-electron chi connectivity index (χ3n) is 4.69. The fraction of sp³-hybridized carbons (Fsp3) is 0.526. The predicted molar refractivity (Wildman–Crippen MR) is 113 cm³/mol. The van der Waals surface area contributed by atoms with Crippen molar-refractivity contribution in [1.29, 1.82) is 0 Å². The van der Waals surface area contributed by atoms with E-state index < -0.39 is 5.38 Å². The molecule has 0 bridgehead atoms. The second-order valence-electron chi connectivity index (χ2n) is 6.76. The van der Waals surface area contributed by atoms with Crippen LogP contribution in [0, 0.1) is 0 Å². The van der Waals surface area contributed by atoms with Crippen molar-refractivity contribution < 1.29 is 9.53 Å². The minimum absolute atomic E-state index is 0.113. The molecule has 1 amide bonds. The Morgan fingerprint density at radius 3 is 2.86 bits per heavy atom. The van der Waals surface area contributed by atoms with E-state index in [9.17, 15) is 4.79 Å². The molecule has 0 saturated carbocycles.